The molecule has 24 heavy (non-hydrogen) atoms. The number of morpholine rings is 1. The lowest BCUT2D eigenvalue weighted by Gasteiger charge is -2.28. The summed E-state index contributed by atoms with van der Waals surface area (Å²) in [5.41, 5.74) is 0.824. The van der Waals surface area contributed by atoms with E-state index in [1.54, 1.807) is 11.3 Å². The fraction of sp³-hybridized carbons (Fsp3) is 0.625. The smallest absolute Gasteiger partial charge is 0.224 e. The molecule has 4 rings (SSSR count). The Morgan fingerprint density at radius 1 is 1.29 bits per heavy atom. The maximum Gasteiger partial charge on any atom is 0.224 e. The molecule has 0 radical (unpaired) electrons. The fourth-order valence-electron chi connectivity index (χ4n) is 3.43. The van der Waals surface area contributed by atoms with Crippen molar-refractivity contribution in [2.75, 3.05) is 44.3 Å². The van der Waals surface area contributed by atoms with Gasteiger partial charge in [0, 0.05) is 18.0 Å². The molecule has 0 aliphatic carbocycles. The first-order valence-electron chi connectivity index (χ1n) is 8.41. The van der Waals surface area contributed by atoms with Gasteiger partial charge in [-0.25, -0.2) is 4.98 Å². The molecule has 4 heterocycles. The largest absolute Gasteiger partial charge is 0.387 e. The topological polar surface area (TPSA) is 70.5 Å². The number of aromatic nitrogens is 2. The van der Waals surface area contributed by atoms with Crippen LogP contribution >= 0.6 is 22.9 Å². The van der Waals surface area contributed by atoms with Gasteiger partial charge in [-0.2, -0.15) is 4.98 Å². The highest BCUT2D eigenvalue weighted by atomic mass is 35.5. The third kappa shape index (κ3) is 3.23. The molecule has 2 aromatic heterocycles. The lowest BCUT2D eigenvalue weighted by molar-refractivity contribution is 0.0921. The maximum absolute atomic E-state index is 10.8. The van der Waals surface area contributed by atoms with E-state index in [1.807, 2.05) is 6.07 Å². The van der Waals surface area contributed by atoms with Crippen LogP contribution in [0.1, 0.15) is 23.8 Å². The van der Waals surface area contributed by atoms with Gasteiger partial charge in [-0.3, -0.25) is 0 Å². The minimum atomic E-state index is -0.442. The first-order valence-corrected chi connectivity index (χ1v) is 9.60. The van der Waals surface area contributed by atoms with E-state index in [0.717, 1.165) is 59.9 Å². The molecule has 2 N–H and O–H groups in total. The zero-order valence-corrected chi connectivity index (χ0v) is 14.9. The number of aliphatic hydroxyl groups excluding tert-OH is 1. The first kappa shape index (κ1) is 16.5. The lowest BCUT2D eigenvalue weighted by atomic mass is 9.91. The maximum atomic E-state index is 10.8. The summed E-state index contributed by atoms with van der Waals surface area (Å²) in [4.78, 5) is 12.0. The number of ether oxygens (including phenoxy) is 1. The molecule has 0 saturated carbocycles. The summed E-state index contributed by atoms with van der Waals surface area (Å²) >= 11 is 7.73. The second-order valence-electron chi connectivity index (χ2n) is 6.31. The van der Waals surface area contributed by atoms with E-state index in [4.69, 9.17) is 16.3 Å². The van der Waals surface area contributed by atoms with Crippen LogP contribution in [0.5, 0.6) is 0 Å². The zero-order chi connectivity index (χ0) is 16.5. The number of anilines is 1. The third-order valence-corrected chi connectivity index (χ3v) is 6.14. The number of hydrogen-bond donors (Lipinski definition) is 2. The van der Waals surface area contributed by atoms with Crippen LogP contribution in [0.2, 0.25) is 5.28 Å². The number of thiophene rings is 1. The number of nitrogens with zero attached hydrogens (tertiary/aromatic N) is 3. The van der Waals surface area contributed by atoms with Gasteiger partial charge in [0.15, 0.2) is 5.82 Å². The molecule has 6 nitrogen and oxygen atoms in total. The van der Waals surface area contributed by atoms with Crippen molar-refractivity contribution in [2.45, 2.75) is 18.9 Å². The van der Waals surface area contributed by atoms with Gasteiger partial charge in [0.05, 0.1) is 29.5 Å². The molecule has 2 fully saturated rings. The van der Waals surface area contributed by atoms with Crippen molar-refractivity contribution in [1.82, 2.24) is 15.3 Å². The molecular formula is C16H21ClN4O2S. The van der Waals surface area contributed by atoms with E-state index in [9.17, 15) is 5.11 Å². The number of rotatable bonds is 3. The van der Waals surface area contributed by atoms with E-state index in [2.05, 4.69) is 20.2 Å². The fourth-order valence-corrected chi connectivity index (χ4v) is 4.80. The number of piperidine rings is 1. The molecule has 2 aliphatic rings. The predicted molar refractivity (Wildman–Crippen MR) is 96.0 cm³/mol. The Balaban J connectivity index is 1.68. The van der Waals surface area contributed by atoms with Crippen LogP contribution in [0.25, 0.3) is 10.2 Å². The molecule has 2 aliphatic heterocycles. The van der Waals surface area contributed by atoms with Gasteiger partial charge in [0.25, 0.3) is 0 Å². The second-order valence-corrected chi connectivity index (χ2v) is 7.73. The van der Waals surface area contributed by atoms with E-state index in [-0.39, 0.29) is 5.28 Å². The molecule has 0 bridgehead atoms. The van der Waals surface area contributed by atoms with Crippen molar-refractivity contribution >= 4 is 39.0 Å². The van der Waals surface area contributed by atoms with Crippen LogP contribution in [-0.4, -0.2) is 54.5 Å². The van der Waals surface area contributed by atoms with Gasteiger partial charge in [-0.15, -0.1) is 11.3 Å². The highest BCUT2D eigenvalue weighted by molar-refractivity contribution is 7.19. The average Bonchev–Trinajstić information content (AvgIpc) is 3.05. The van der Waals surface area contributed by atoms with E-state index < -0.39 is 6.10 Å². The molecule has 130 valence electrons. The summed E-state index contributed by atoms with van der Waals surface area (Å²) in [5, 5.41) is 14.4. The molecule has 1 atom stereocenters. The highest BCUT2D eigenvalue weighted by Crippen LogP contribution is 2.39. The quantitative estimate of drug-likeness (QED) is 0.809. The van der Waals surface area contributed by atoms with E-state index in [0.29, 0.717) is 19.1 Å². The Morgan fingerprint density at radius 3 is 2.79 bits per heavy atom. The van der Waals surface area contributed by atoms with Crippen LogP contribution in [0.3, 0.4) is 0 Å². The minimum absolute atomic E-state index is 0.254. The van der Waals surface area contributed by atoms with Crippen LogP contribution in [-0.2, 0) is 4.74 Å². The van der Waals surface area contributed by atoms with Gasteiger partial charge >= 0.3 is 0 Å². The Hall–Kier alpha value is -0.990. The van der Waals surface area contributed by atoms with Crippen molar-refractivity contribution in [2.24, 2.45) is 5.92 Å². The summed E-state index contributed by atoms with van der Waals surface area (Å²) < 4.78 is 6.43. The molecule has 2 aromatic rings. The second kappa shape index (κ2) is 7.09. The molecular weight excluding hydrogens is 348 g/mol. The van der Waals surface area contributed by atoms with Crippen molar-refractivity contribution in [1.29, 1.82) is 0 Å². The summed E-state index contributed by atoms with van der Waals surface area (Å²) in [6.45, 7) is 4.92. The standard InChI is InChI=1S/C16H21ClN4O2S/c17-16-19-11-9-12(13(22)10-1-3-18-4-2-10)24-14(11)15(20-16)21-5-7-23-8-6-21/h9-10,13,18,22H,1-8H2. The monoisotopic (exact) mass is 368 g/mol. The number of halogens is 1. The zero-order valence-electron chi connectivity index (χ0n) is 13.4. The molecule has 0 spiro atoms. The van der Waals surface area contributed by atoms with Gasteiger partial charge in [0.2, 0.25) is 5.28 Å². The molecule has 0 aromatic carbocycles. The lowest BCUT2D eigenvalue weighted by Crippen LogP contribution is -2.36. The third-order valence-electron chi connectivity index (χ3n) is 4.78. The van der Waals surface area contributed by atoms with Crippen LogP contribution in [0.15, 0.2) is 6.07 Å². The summed E-state index contributed by atoms with van der Waals surface area (Å²) in [6.07, 6.45) is 1.55. The average molecular weight is 369 g/mol. The molecule has 1 unspecified atom stereocenters. The van der Waals surface area contributed by atoms with E-state index >= 15 is 0 Å². The molecule has 8 heteroatoms. The normalized spacial score (nSPS) is 21.3. The van der Waals surface area contributed by atoms with Gasteiger partial charge < -0.3 is 20.1 Å². The van der Waals surface area contributed by atoms with Crippen LogP contribution in [0.4, 0.5) is 5.82 Å². The van der Waals surface area contributed by atoms with Crippen molar-refractivity contribution in [3.8, 4) is 0 Å². The number of aliphatic hydroxyl groups is 1. The van der Waals surface area contributed by atoms with Crippen LogP contribution < -0.4 is 10.2 Å². The molecule has 2 saturated heterocycles. The summed E-state index contributed by atoms with van der Waals surface area (Å²) in [6, 6.07) is 1.98. The van der Waals surface area contributed by atoms with E-state index in [1.165, 1.54) is 0 Å². The Kier molecular flexibility index (Phi) is 4.87. The number of nitrogens with one attached hydrogen (secondary N) is 1. The van der Waals surface area contributed by atoms with Crippen molar-refractivity contribution in [3.63, 3.8) is 0 Å². The Bertz CT molecular complexity index is 713. The Labute approximate surface area is 149 Å². The van der Waals surface area contributed by atoms with Crippen molar-refractivity contribution in [3.05, 3.63) is 16.2 Å². The van der Waals surface area contributed by atoms with Crippen molar-refractivity contribution < 1.29 is 9.84 Å². The predicted octanol–water partition coefficient (Wildman–Crippen LogP) is 2.21. The SMILES string of the molecule is OC(c1cc2nc(Cl)nc(N3CCOCC3)c2s1)C1CCNCC1. The minimum Gasteiger partial charge on any atom is -0.387 e. The van der Waals surface area contributed by atoms with Gasteiger partial charge in [-0.1, -0.05) is 0 Å². The van der Waals surface area contributed by atoms with Gasteiger partial charge in [0.1, 0.15) is 0 Å². The van der Waals surface area contributed by atoms with Crippen LogP contribution in [0, 0.1) is 5.92 Å². The van der Waals surface area contributed by atoms with Gasteiger partial charge in [-0.05, 0) is 49.5 Å². The Morgan fingerprint density at radius 2 is 2.04 bits per heavy atom. The molecule has 0 amide bonds. The summed E-state index contributed by atoms with van der Waals surface area (Å²) in [7, 11) is 0. The highest BCUT2D eigenvalue weighted by Gasteiger charge is 2.26. The number of fused-ring (bicyclic) bond motifs is 1. The number of hydrogen-bond acceptors (Lipinski definition) is 7. The first-order chi connectivity index (χ1) is 11.7. The summed E-state index contributed by atoms with van der Waals surface area (Å²) in [5.74, 6) is 1.16.